The van der Waals surface area contributed by atoms with Crippen LogP contribution < -0.4 is 0 Å². The van der Waals surface area contributed by atoms with Gasteiger partial charge in [0.05, 0.1) is 11.5 Å². The molecule has 8 heteroatoms. The SMILES string of the molecule is Cc1cc(C)c2cc(C(=O)OCC(=O)N(C3CCCC3)C3CCS(=O)(=O)C3)[nH]c2c1. The third-order valence-electron chi connectivity index (χ3n) is 6.24. The predicted molar refractivity (Wildman–Crippen MR) is 114 cm³/mol. The Labute approximate surface area is 176 Å². The molecule has 0 radical (unpaired) electrons. The van der Waals surface area contributed by atoms with Crippen LogP contribution in [-0.4, -0.2) is 60.4 Å². The topological polar surface area (TPSA) is 96.5 Å². The second kappa shape index (κ2) is 8.06. The normalized spacial score (nSPS) is 21.2. The minimum Gasteiger partial charge on any atom is -0.451 e. The maximum absolute atomic E-state index is 13.0. The molecule has 0 spiro atoms. The van der Waals surface area contributed by atoms with Crippen molar-refractivity contribution >= 4 is 32.6 Å². The average Bonchev–Trinajstić information content (AvgIpc) is 3.40. The number of rotatable bonds is 5. The zero-order chi connectivity index (χ0) is 21.5. The first kappa shape index (κ1) is 20.9. The smallest absolute Gasteiger partial charge is 0.355 e. The van der Waals surface area contributed by atoms with Crippen LogP contribution in [0.1, 0.15) is 53.7 Å². The van der Waals surface area contributed by atoms with Crippen LogP contribution in [0.5, 0.6) is 0 Å². The van der Waals surface area contributed by atoms with Crippen LogP contribution in [-0.2, 0) is 19.4 Å². The zero-order valence-electron chi connectivity index (χ0n) is 17.4. The lowest BCUT2D eigenvalue weighted by Crippen LogP contribution is -2.48. The number of carbonyl (C=O) groups is 2. The Morgan fingerprint density at radius 2 is 1.83 bits per heavy atom. The first-order valence-corrected chi connectivity index (χ1v) is 12.3. The number of hydrogen-bond donors (Lipinski definition) is 1. The summed E-state index contributed by atoms with van der Waals surface area (Å²) in [4.78, 5) is 30.3. The van der Waals surface area contributed by atoms with Crippen molar-refractivity contribution in [3.63, 3.8) is 0 Å². The summed E-state index contributed by atoms with van der Waals surface area (Å²) in [6.45, 7) is 3.60. The molecule has 0 bridgehead atoms. The molecule has 2 heterocycles. The van der Waals surface area contributed by atoms with Crippen molar-refractivity contribution in [1.29, 1.82) is 0 Å². The fourth-order valence-electron chi connectivity index (χ4n) is 4.87. The highest BCUT2D eigenvalue weighted by molar-refractivity contribution is 7.91. The molecule has 30 heavy (non-hydrogen) atoms. The maximum Gasteiger partial charge on any atom is 0.355 e. The van der Waals surface area contributed by atoms with Crippen molar-refractivity contribution < 1.29 is 22.7 Å². The highest BCUT2D eigenvalue weighted by atomic mass is 32.2. The summed E-state index contributed by atoms with van der Waals surface area (Å²) >= 11 is 0. The molecule has 2 aliphatic rings. The lowest BCUT2D eigenvalue weighted by atomic mass is 10.1. The zero-order valence-corrected chi connectivity index (χ0v) is 18.3. The number of nitrogens with zero attached hydrogens (tertiary/aromatic N) is 1. The van der Waals surface area contributed by atoms with E-state index in [0.717, 1.165) is 47.7 Å². The molecule has 4 rings (SSSR count). The van der Waals surface area contributed by atoms with E-state index in [0.29, 0.717) is 12.1 Å². The van der Waals surface area contributed by atoms with Crippen molar-refractivity contribution in [3.8, 4) is 0 Å². The lowest BCUT2D eigenvalue weighted by molar-refractivity contribution is -0.139. The highest BCUT2D eigenvalue weighted by Gasteiger charge is 2.39. The number of nitrogens with one attached hydrogen (secondary N) is 1. The molecule has 1 aromatic carbocycles. The van der Waals surface area contributed by atoms with Crippen molar-refractivity contribution in [2.45, 2.75) is 58.0 Å². The van der Waals surface area contributed by atoms with Gasteiger partial charge in [-0.1, -0.05) is 18.9 Å². The molecule has 1 saturated heterocycles. The summed E-state index contributed by atoms with van der Waals surface area (Å²) in [5.41, 5.74) is 3.32. The van der Waals surface area contributed by atoms with Crippen LogP contribution in [0, 0.1) is 13.8 Å². The molecule has 1 aliphatic carbocycles. The standard InChI is InChI=1S/C22H28N2O5S/c1-14-9-15(2)18-11-20(23-19(18)10-14)22(26)29-12-21(25)24(16-5-3-4-6-16)17-7-8-30(27,28)13-17/h9-11,16-17,23H,3-8,12-13H2,1-2H3. The number of sulfone groups is 1. The Hall–Kier alpha value is -2.35. The van der Waals surface area contributed by atoms with Crippen LogP contribution >= 0.6 is 0 Å². The number of benzene rings is 1. The number of hydrogen-bond acceptors (Lipinski definition) is 5. The molecule has 7 nitrogen and oxygen atoms in total. The Balaban J connectivity index is 1.46. The van der Waals surface area contributed by atoms with Gasteiger partial charge in [0.1, 0.15) is 5.69 Å². The van der Waals surface area contributed by atoms with Gasteiger partial charge >= 0.3 is 5.97 Å². The number of H-pyrrole nitrogens is 1. The lowest BCUT2D eigenvalue weighted by Gasteiger charge is -2.33. The fraction of sp³-hybridized carbons (Fsp3) is 0.545. The Bertz CT molecular complexity index is 1080. The molecule has 1 saturated carbocycles. The first-order chi connectivity index (χ1) is 14.2. The van der Waals surface area contributed by atoms with E-state index in [2.05, 4.69) is 4.98 Å². The third-order valence-corrected chi connectivity index (χ3v) is 7.99. The van der Waals surface area contributed by atoms with Gasteiger partial charge in [0.25, 0.3) is 5.91 Å². The van der Waals surface area contributed by atoms with Crippen LogP contribution in [0.15, 0.2) is 18.2 Å². The number of aromatic nitrogens is 1. The number of ether oxygens (including phenoxy) is 1. The molecule has 2 fully saturated rings. The van der Waals surface area contributed by atoms with Gasteiger partial charge in [0.15, 0.2) is 16.4 Å². The number of esters is 1. The third kappa shape index (κ3) is 4.24. The fourth-order valence-corrected chi connectivity index (χ4v) is 6.58. The number of aryl methyl sites for hydroxylation is 2. The van der Waals surface area contributed by atoms with E-state index in [4.69, 9.17) is 4.74 Å². The van der Waals surface area contributed by atoms with Crippen LogP contribution in [0.3, 0.4) is 0 Å². The van der Waals surface area contributed by atoms with Crippen molar-refractivity contribution in [3.05, 3.63) is 35.0 Å². The van der Waals surface area contributed by atoms with E-state index < -0.39 is 15.8 Å². The Morgan fingerprint density at radius 1 is 1.10 bits per heavy atom. The Kier molecular flexibility index (Phi) is 5.61. The predicted octanol–water partition coefficient (Wildman–Crippen LogP) is 2.90. The van der Waals surface area contributed by atoms with E-state index >= 15 is 0 Å². The minimum absolute atomic E-state index is 0.00380. The molecular formula is C22H28N2O5S. The van der Waals surface area contributed by atoms with Gasteiger partial charge in [0.2, 0.25) is 0 Å². The maximum atomic E-state index is 13.0. The van der Waals surface area contributed by atoms with Gasteiger partial charge in [-0.2, -0.15) is 0 Å². The first-order valence-electron chi connectivity index (χ1n) is 10.5. The second-order valence-electron chi connectivity index (χ2n) is 8.60. The Morgan fingerprint density at radius 3 is 2.50 bits per heavy atom. The molecule has 162 valence electrons. The monoisotopic (exact) mass is 432 g/mol. The summed E-state index contributed by atoms with van der Waals surface area (Å²) in [6.07, 6.45) is 4.26. The molecule has 1 atom stereocenters. The van der Waals surface area contributed by atoms with Gasteiger partial charge in [-0.25, -0.2) is 13.2 Å². The average molecular weight is 433 g/mol. The second-order valence-corrected chi connectivity index (χ2v) is 10.8. The van der Waals surface area contributed by atoms with E-state index in [1.807, 2.05) is 26.0 Å². The minimum atomic E-state index is -3.11. The molecule has 1 amide bonds. The highest BCUT2D eigenvalue weighted by Crippen LogP contribution is 2.29. The number of aromatic amines is 1. The van der Waals surface area contributed by atoms with E-state index in [-0.39, 0.29) is 36.1 Å². The number of amides is 1. The molecule has 1 aromatic heterocycles. The van der Waals surface area contributed by atoms with Crippen LogP contribution in [0.2, 0.25) is 0 Å². The van der Waals surface area contributed by atoms with E-state index in [9.17, 15) is 18.0 Å². The van der Waals surface area contributed by atoms with Gasteiger partial charge in [-0.3, -0.25) is 4.79 Å². The summed E-state index contributed by atoms with van der Waals surface area (Å²) < 4.78 is 29.2. The largest absolute Gasteiger partial charge is 0.451 e. The molecule has 1 aliphatic heterocycles. The van der Waals surface area contributed by atoms with Gasteiger partial charge in [-0.05, 0) is 56.4 Å². The van der Waals surface area contributed by atoms with Crippen molar-refractivity contribution in [2.24, 2.45) is 0 Å². The van der Waals surface area contributed by atoms with Crippen molar-refractivity contribution in [2.75, 3.05) is 18.1 Å². The summed E-state index contributed by atoms with van der Waals surface area (Å²) in [7, 11) is -3.11. The van der Waals surface area contributed by atoms with E-state index in [1.165, 1.54) is 0 Å². The molecule has 1 unspecified atom stereocenters. The van der Waals surface area contributed by atoms with Gasteiger partial charge in [-0.15, -0.1) is 0 Å². The van der Waals surface area contributed by atoms with Gasteiger partial charge in [0, 0.05) is 23.0 Å². The number of fused-ring (bicyclic) bond motifs is 1. The molecule has 2 aromatic rings. The van der Waals surface area contributed by atoms with Gasteiger partial charge < -0.3 is 14.6 Å². The molecule has 1 N–H and O–H groups in total. The summed E-state index contributed by atoms with van der Waals surface area (Å²) in [5, 5.41) is 0.947. The summed E-state index contributed by atoms with van der Waals surface area (Å²) in [6, 6.07) is 5.47. The van der Waals surface area contributed by atoms with Crippen LogP contribution in [0.4, 0.5) is 0 Å². The number of carbonyl (C=O) groups excluding carboxylic acids is 2. The summed E-state index contributed by atoms with van der Waals surface area (Å²) in [5.74, 6) is -0.770. The quantitative estimate of drug-likeness (QED) is 0.733. The molecular weight excluding hydrogens is 404 g/mol. The van der Waals surface area contributed by atoms with E-state index in [1.54, 1.807) is 11.0 Å². The van der Waals surface area contributed by atoms with Crippen LogP contribution in [0.25, 0.3) is 10.9 Å². The van der Waals surface area contributed by atoms with Crippen molar-refractivity contribution in [1.82, 2.24) is 9.88 Å².